The molecule has 0 N–H and O–H groups in total. The molecule has 1 aliphatic rings. The van der Waals surface area contributed by atoms with Crippen LogP contribution >= 0.6 is 11.6 Å². The minimum Gasteiger partial charge on any atom is -0.369 e. The molecule has 1 atom stereocenters. The van der Waals surface area contributed by atoms with E-state index in [1.54, 1.807) is 0 Å². The summed E-state index contributed by atoms with van der Waals surface area (Å²) < 4.78 is 8.07. The molecule has 1 fully saturated rings. The Morgan fingerprint density at radius 3 is 2.79 bits per heavy atom. The molecule has 0 unspecified atom stereocenters. The number of morpholine rings is 1. The monoisotopic (exact) mass is 410 g/mol. The Labute approximate surface area is 177 Å². The molecule has 6 heteroatoms. The summed E-state index contributed by atoms with van der Waals surface area (Å²) in [6, 6.07) is 14.1. The van der Waals surface area contributed by atoms with Crippen molar-refractivity contribution in [3.8, 4) is 0 Å². The highest BCUT2D eigenvalue weighted by Crippen LogP contribution is 2.24. The number of aryl methyl sites for hydroxylation is 2. The molecule has 0 aliphatic carbocycles. The summed E-state index contributed by atoms with van der Waals surface area (Å²) in [5.74, 6) is 0. The standard InChI is InChI=1S/C23H27ClN4O/c1-3-28-15-19(17(2)26-28)14-27-11-12-29-23(16-27)22-10-6-8-20(25-22)13-18-7-4-5-9-21(18)24/h4-10,15,23H,3,11-14,16H2,1-2H3/t23-/m1/s1. The van der Waals surface area contributed by atoms with Gasteiger partial charge in [-0.05, 0) is 37.6 Å². The van der Waals surface area contributed by atoms with Crippen LogP contribution in [0.4, 0.5) is 0 Å². The first-order valence-electron chi connectivity index (χ1n) is 10.2. The Bertz CT molecular complexity index is 971. The van der Waals surface area contributed by atoms with E-state index in [-0.39, 0.29) is 6.10 Å². The van der Waals surface area contributed by atoms with Crippen molar-refractivity contribution in [2.75, 3.05) is 19.7 Å². The molecular formula is C23H27ClN4O. The molecule has 0 spiro atoms. The molecule has 0 amide bonds. The third-order valence-electron chi connectivity index (χ3n) is 5.40. The largest absolute Gasteiger partial charge is 0.369 e. The second kappa shape index (κ2) is 9.08. The molecule has 152 valence electrons. The van der Waals surface area contributed by atoms with Gasteiger partial charge in [0, 0.05) is 55.1 Å². The Kier molecular flexibility index (Phi) is 6.28. The summed E-state index contributed by atoms with van der Waals surface area (Å²) in [5, 5.41) is 5.35. The van der Waals surface area contributed by atoms with Crippen LogP contribution < -0.4 is 0 Å². The third-order valence-corrected chi connectivity index (χ3v) is 5.77. The van der Waals surface area contributed by atoms with E-state index in [0.29, 0.717) is 6.61 Å². The van der Waals surface area contributed by atoms with E-state index < -0.39 is 0 Å². The Hall–Kier alpha value is -2.21. The van der Waals surface area contributed by atoms with E-state index in [1.165, 1.54) is 5.56 Å². The number of pyridine rings is 1. The molecule has 29 heavy (non-hydrogen) atoms. The Morgan fingerprint density at radius 2 is 2.00 bits per heavy atom. The van der Waals surface area contributed by atoms with Crippen molar-refractivity contribution < 1.29 is 4.74 Å². The summed E-state index contributed by atoms with van der Waals surface area (Å²) in [4.78, 5) is 7.31. The smallest absolute Gasteiger partial charge is 0.112 e. The van der Waals surface area contributed by atoms with Gasteiger partial charge in [0.1, 0.15) is 6.10 Å². The first-order chi connectivity index (χ1) is 14.1. The van der Waals surface area contributed by atoms with E-state index in [9.17, 15) is 0 Å². The minimum absolute atomic E-state index is 0.0172. The van der Waals surface area contributed by atoms with E-state index in [4.69, 9.17) is 21.3 Å². The van der Waals surface area contributed by atoms with E-state index in [2.05, 4.69) is 48.2 Å². The fraction of sp³-hybridized carbons (Fsp3) is 0.391. The molecule has 3 heterocycles. The molecule has 5 nitrogen and oxygen atoms in total. The van der Waals surface area contributed by atoms with Gasteiger partial charge in [-0.2, -0.15) is 5.10 Å². The topological polar surface area (TPSA) is 43.2 Å². The average molecular weight is 411 g/mol. The van der Waals surface area contributed by atoms with Crippen molar-refractivity contribution in [1.82, 2.24) is 19.7 Å². The highest BCUT2D eigenvalue weighted by molar-refractivity contribution is 6.31. The van der Waals surface area contributed by atoms with Crippen LogP contribution in [0, 0.1) is 6.92 Å². The van der Waals surface area contributed by atoms with E-state index in [0.717, 1.165) is 60.3 Å². The second-order valence-electron chi connectivity index (χ2n) is 7.51. The number of ether oxygens (including phenoxy) is 1. The molecule has 0 bridgehead atoms. The third kappa shape index (κ3) is 4.86. The van der Waals surface area contributed by atoms with Gasteiger partial charge < -0.3 is 4.74 Å². The molecule has 2 aromatic heterocycles. The number of hydrogen-bond acceptors (Lipinski definition) is 4. The fourth-order valence-electron chi connectivity index (χ4n) is 3.76. The van der Waals surface area contributed by atoms with Crippen LogP contribution in [0.15, 0.2) is 48.7 Å². The van der Waals surface area contributed by atoms with Crippen LogP contribution in [0.3, 0.4) is 0 Å². The summed E-state index contributed by atoms with van der Waals surface area (Å²) >= 11 is 6.32. The molecule has 0 saturated carbocycles. The Morgan fingerprint density at radius 1 is 1.14 bits per heavy atom. The van der Waals surface area contributed by atoms with Crippen molar-refractivity contribution in [2.45, 2.75) is 39.5 Å². The summed E-state index contributed by atoms with van der Waals surface area (Å²) in [6.45, 7) is 8.45. The lowest BCUT2D eigenvalue weighted by molar-refractivity contribution is -0.0351. The van der Waals surface area contributed by atoms with Gasteiger partial charge >= 0.3 is 0 Å². The van der Waals surface area contributed by atoms with Gasteiger partial charge in [-0.3, -0.25) is 14.6 Å². The van der Waals surface area contributed by atoms with Crippen LogP contribution in [-0.4, -0.2) is 39.4 Å². The van der Waals surface area contributed by atoms with Crippen molar-refractivity contribution >= 4 is 11.6 Å². The first-order valence-corrected chi connectivity index (χ1v) is 10.6. The van der Waals surface area contributed by atoms with E-state index >= 15 is 0 Å². The molecule has 4 rings (SSSR count). The predicted molar refractivity (Wildman–Crippen MR) is 115 cm³/mol. The summed E-state index contributed by atoms with van der Waals surface area (Å²) in [5.41, 5.74) is 5.48. The van der Waals surface area contributed by atoms with Gasteiger partial charge in [0.25, 0.3) is 0 Å². The maximum Gasteiger partial charge on any atom is 0.112 e. The van der Waals surface area contributed by atoms with Crippen LogP contribution in [-0.2, 0) is 24.2 Å². The van der Waals surface area contributed by atoms with Crippen molar-refractivity contribution in [2.24, 2.45) is 0 Å². The van der Waals surface area contributed by atoms with Crippen LogP contribution in [0.2, 0.25) is 5.02 Å². The fourth-order valence-corrected chi connectivity index (χ4v) is 3.96. The van der Waals surface area contributed by atoms with Gasteiger partial charge in [-0.25, -0.2) is 0 Å². The minimum atomic E-state index is -0.0172. The predicted octanol–water partition coefficient (Wildman–Crippen LogP) is 4.42. The molecule has 0 radical (unpaired) electrons. The van der Waals surface area contributed by atoms with Gasteiger partial charge in [0.05, 0.1) is 18.0 Å². The highest BCUT2D eigenvalue weighted by atomic mass is 35.5. The zero-order chi connectivity index (χ0) is 20.2. The second-order valence-corrected chi connectivity index (χ2v) is 7.92. The van der Waals surface area contributed by atoms with Crippen LogP contribution in [0.5, 0.6) is 0 Å². The number of hydrogen-bond donors (Lipinski definition) is 0. The lowest BCUT2D eigenvalue weighted by Gasteiger charge is -2.32. The molecular weight excluding hydrogens is 384 g/mol. The lowest BCUT2D eigenvalue weighted by Crippen LogP contribution is -2.38. The summed E-state index contributed by atoms with van der Waals surface area (Å²) in [7, 11) is 0. The zero-order valence-corrected chi connectivity index (χ0v) is 17.8. The summed E-state index contributed by atoms with van der Waals surface area (Å²) in [6.07, 6.45) is 2.86. The number of benzene rings is 1. The van der Waals surface area contributed by atoms with Gasteiger partial charge in [-0.15, -0.1) is 0 Å². The normalized spacial score (nSPS) is 17.6. The maximum atomic E-state index is 6.32. The van der Waals surface area contributed by atoms with Crippen molar-refractivity contribution in [3.05, 3.63) is 81.9 Å². The average Bonchev–Trinajstić information content (AvgIpc) is 3.10. The highest BCUT2D eigenvalue weighted by Gasteiger charge is 2.24. The van der Waals surface area contributed by atoms with Crippen LogP contribution in [0.25, 0.3) is 0 Å². The molecule has 1 saturated heterocycles. The Balaban J connectivity index is 1.45. The van der Waals surface area contributed by atoms with Crippen molar-refractivity contribution in [3.63, 3.8) is 0 Å². The number of nitrogens with zero attached hydrogens (tertiary/aromatic N) is 4. The van der Waals surface area contributed by atoms with E-state index in [1.807, 2.05) is 28.9 Å². The molecule has 1 aliphatic heterocycles. The van der Waals surface area contributed by atoms with Crippen LogP contribution in [0.1, 0.15) is 41.2 Å². The molecule has 1 aromatic carbocycles. The quantitative estimate of drug-likeness (QED) is 0.603. The number of rotatable bonds is 6. The van der Waals surface area contributed by atoms with Gasteiger partial charge in [-0.1, -0.05) is 35.9 Å². The van der Waals surface area contributed by atoms with Gasteiger partial charge in [0.2, 0.25) is 0 Å². The maximum absolute atomic E-state index is 6.32. The number of aromatic nitrogens is 3. The lowest BCUT2D eigenvalue weighted by atomic mass is 10.1. The SMILES string of the molecule is CCn1cc(CN2CCO[C@@H](c3cccc(Cc4ccccc4Cl)n3)C2)c(C)n1. The van der Waals surface area contributed by atoms with Crippen molar-refractivity contribution in [1.29, 1.82) is 0 Å². The number of halogens is 1. The van der Waals surface area contributed by atoms with Gasteiger partial charge in [0.15, 0.2) is 0 Å². The first kappa shape index (κ1) is 20.1. The molecule has 3 aromatic rings. The zero-order valence-electron chi connectivity index (χ0n) is 17.0.